The lowest BCUT2D eigenvalue weighted by atomic mass is 10.1. The summed E-state index contributed by atoms with van der Waals surface area (Å²) in [6, 6.07) is 5.96. The van der Waals surface area contributed by atoms with Crippen molar-refractivity contribution in [2.24, 2.45) is 5.92 Å². The zero-order valence-corrected chi connectivity index (χ0v) is 14.7. The van der Waals surface area contributed by atoms with Crippen LogP contribution < -0.4 is 10.2 Å². The lowest BCUT2D eigenvalue weighted by Crippen LogP contribution is -2.28. The predicted molar refractivity (Wildman–Crippen MR) is 93.3 cm³/mol. The molecule has 2 aromatic rings. The Morgan fingerprint density at radius 1 is 1.42 bits per heavy atom. The first-order chi connectivity index (χ1) is 12.5. The lowest BCUT2D eigenvalue weighted by Gasteiger charge is -2.17. The number of nitrogens with zero attached hydrogens (tertiary/aromatic N) is 2. The molecule has 26 heavy (non-hydrogen) atoms. The highest BCUT2D eigenvalue weighted by Gasteiger charge is 2.36. The normalized spacial score (nSPS) is 16.6. The highest BCUT2D eigenvalue weighted by Crippen LogP contribution is 2.28. The van der Waals surface area contributed by atoms with Crippen LogP contribution in [-0.2, 0) is 25.5 Å². The van der Waals surface area contributed by atoms with Gasteiger partial charge in [0, 0.05) is 18.3 Å². The largest absolute Gasteiger partial charge is 0.469 e. The molecule has 0 aliphatic carbocycles. The number of methoxy groups -OCH3 is 1. The molecular formula is C17H16FN3O4S. The maximum atomic E-state index is 13.9. The van der Waals surface area contributed by atoms with Crippen LogP contribution in [0.5, 0.6) is 0 Å². The summed E-state index contributed by atoms with van der Waals surface area (Å²) in [6.07, 6.45) is 0.0202. The third-order valence-electron chi connectivity index (χ3n) is 3.97. The summed E-state index contributed by atoms with van der Waals surface area (Å²) in [5, 5.41) is 4.64. The Balaban J connectivity index is 1.63. The first-order valence-corrected chi connectivity index (χ1v) is 8.73. The molecule has 1 aromatic carbocycles. The smallest absolute Gasteiger partial charge is 0.311 e. The van der Waals surface area contributed by atoms with Gasteiger partial charge in [0.1, 0.15) is 5.82 Å². The van der Waals surface area contributed by atoms with Gasteiger partial charge in [-0.1, -0.05) is 12.1 Å². The standard InChI is InChI=1S/C17H16FN3O4S/c1-25-15(23)7-11-9-26-17(19-11)20-16(24)10-6-14(22)21(8-10)13-5-3-2-4-12(13)18/h2-5,9-10H,6-8H2,1H3,(H,19,20,24)/t10-/m1/s1. The minimum atomic E-state index is -0.602. The van der Waals surface area contributed by atoms with Crippen LogP contribution in [0.15, 0.2) is 29.6 Å². The number of hydrogen-bond donors (Lipinski definition) is 1. The highest BCUT2D eigenvalue weighted by atomic mass is 32.1. The van der Waals surface area contributed by atoms with Gasteiger partial charge in [-0.25, -0.2) is 9.37 Å². The minimum absolute atomic E-state index is 0.000556. The number of esters is 1. The molecule has 0 radical (unpaired) electrons. The summed E-state index contributed by atoms with van der Waals surface area (Å²) in [7, 11) is 1.29. The van der Waals surface area contributed by atoms with E-state index in [2.05, 4.69) is 15.0 Å². The molecule has 136 valence electrons. The number of para-hydroxylation sites is 1. The van der Waals surface area contributed by atoms with Crippen LogP contribution in [0.4, 0.5) is 15.2 Å². The van der Waals surface area contributed by atoms with Crippen molar-refractivity contribution < 1.29 is 23.5 Å². The molecule has 7 nitrogen and oxygen atoms in total. The van der Waals surface area contributed by atoms with Crippen molar-refractivity contribution >= 4 is 39.9 Å². The highest BCUT2D eigenvalue weighted by molar-refractivity contribution is 7.13. The van der Waals surface area contributed by atoms with Gasteiger partial charge in [-0.15, -0.1) is 11.3 Å². The molecule has 1 saturated heterocycles. The zero-order valence-electron chi connectivity index (χ0n) is 13.9. The summed E-state index contributed by atoms with van der Waals surface area (Å²) in [6.45, 7) is 0.103. The first-order valence-electron chi connectivity index (χ1n) is 7.85. The molecule has 1 fully saturated rings. The molecule has 1 aromatic heterocycles. The van der Waals surface area contributed by atoms with Gasteiger partial charge < -0.3 is 15.0 Å². The third kappa shape index (κ3) is 3.88. The zero-order chi connectivity index (χ0) is 18.7. The van der Waals surface area contributed by atoms with Crippen LogP contribution in [-0.4, -0.2) is 36.4 Å². The molecule has 2 amide bonds. The Hall–Kier alpha value is -2.81. The number of amides is 2. The number of hydrogen-bond acceptors (Lipinski definition) is 6. The van der Waals surface area contributed by atoms with Crippen LogP contribution in [0.2, 0.25) is 0 Å². The fraction of sp³-hybridized carbons (Fsp3) is 0.294. The molecule has 3 rings (SSSR count). The fourth-order valence-corrected chi connectivity index (χ4v) is 3.37. The van der Waals surface area contributed by atoms with Crippen molar-refractivity contribution in [1.29, 1.82) is 0 Å². The second-order valence-corrected chi connectivity index (χ2v) is 6.60. The summed E-state index contributed by atoms with van der Waals surface area (Å²) < 4.78 is 18.5. The van der Waals surface area contributed by atoms with Gasteiger partial charge in [0.25, 0.3) is 0 Å². The summed E-state index contributed by atoms with van der Waals surface area (Å²) in [4.78, 5) is 41.2. The van der Waals surface area contributed by atoms with Crippen LogP contribution >= 0.6 is 11.3 Å². The predicted octanol–water partition coefficient (Wildman–Crippen LogP) is 1.99. The van der Waals surface area contributed by atoms with E-state index in [9.17, 15) is 18.8 Å². The van der Waals surface area contributed by atoms with Crippen molar-refractivity contribution in [1.82, 2.24) is 4.98 Å². The van der Waals surface area contributed by atoms with Gasteiger partial charge in [-0.2, -0.15) is 0 Å². The van der Waals surface area contributed by atoms with E-state index in [4.69, 9.17) is 0 Å². The number of carbonyl (C=O) groups is 3. The first kappa shape index (κ1) is 18.0. The number of benzene rings is 1. The Morgan fingerprint density at radius 2 is 2.19 bits per heavy atom. The quantitative estimate of drug-likeness (QED) is 0.805. The third-order valence-corrected chi connectivity index (χ3v) is 4.78. The molecule has 0 spiro atoms. The molecule has 0 bridgehead atoms. The minimum Gasteiger partial charge on any atom is -0.469 e. The number of anilines is 2. The number of thiazole rings is 1. The van der Waals surface area contributed by atoms with Crippen molar-refractivity contribution in [2.75, 3.05) is 23.9 Å². The SMILES string of the molecule is COC(=O)Cc1csc(NC(=O)[C@@H]2CC(=O)N(c3ccccc3F)C2)n1. The number of aromatic nitrogens is 1. The Morgan fingerprint density at radius 3 is 2.92 bits per heavy atom. The molecule has 2 heterocycles. The van der Waals surface area contributed by atoms with Crippen molar-refractivity contribution in [3.05, 3.63) is 41.2 Å². The summed E-state index contributed by atoms with van der Waals surface area (Å²) in [5.41, 5.74) is 0.662. The number of rotatable bonds is 5. The van der Waals surface area contributed by atoms with Gasteiger partial charge in [0.15, 0.2) is 5.13 Å². The van der Waals surface area contributed by atoms with Gasteiger partial charge >= 0.3 is 5.97 Å². The Labute approximate surface area is 152 Å². The number of ether oxygens (including phenoxy) is 1. The van der Waals surface area contributed by atoms with Gasteiger partial charge in [0.2, 0.25) is 11.8 Å². The van der Waals surface area contributed by atoms with E-state index < -0.39 is 17.7 Å². The Bertz CT molecular complexity index is 854. The van der Waals surface area contributed by atoms with E-state index in [1.54, 1.807) is 11.4 Å². The fourth-order valence-electron chi connectivity index (χ4n) is 2.66. The van der Waals surface area contributed by atoms with Crippen molar-refractivity contribution in [2.45, 2.75) is 12.8 Å². The van der Waals surface area contributed by atoms with E-state index in [0.717, 1.165) is 0 Å². The van der Waals surface area contributed by atoms with E-state index in [-0.39, 0.29) is 36.9 Å². The second kappa shape index (κ2) is 7.61. The molecule has 1 N–H and O–H groups in total. The maximum absolute atomic E-state index is 13.9. The van der Waals surface area contributed by atoms with E-state index in [1.165, 1.54) is 41.5 Å². The van der Waals surface area contributed by atoms with E-state index in [0.29, 0.717) is 10.8 Å². The Kier molecular flexibility index (Phi) is 5.27. The van der Waals surface area contributed by atoms with Crippen molar-refractivity contribution in [3.8, 4) is 0 Å². The molecule has 0 unspecified atom stereocenters. The van der Waals surface area contributed by atoms with Crippen LogP contribution in [0, 0.1) is 11.7 Å². The number of nitrogens with one attached hydrogen (secondary N) is 1. The second-order valence-electron chi connectivity index (χ2n) is 5.74. The molecule has 1 atom stereocenters. The summed E-state index contributed by atoms with van der Waals surface area (Å²) in [5.74, 6) is -2.20. The molecular weight excluding hydrogens is 361 g/mol. The van der Waals surface area contributed by atoms with Gasteiger partial charge in [-0.3, -0.25) is 14.4 Å². The molecule has 0 saturated carbocycles. The average molecular weight is 377 g/mol. The maximum Gasteiger partial charge on any atom is 0.311 e. The van der Waals surface area contributed by atoms with E-state index >= 15 is 0 Å². The van der Waals surface area contributed by atoms with Crippen LogP contribution in [0.25, 0.3) is 0 Å². The lowest BCUT2D eigenvalue weighted by molar-refractivity contribution is -0.139. The average Bonchev–Trinajstić information content (AvgIpc) is 3.22. The van der Waals surface area contributed by atoms with Crippen LogP contribution in [0.1, 0.15) is 12.1 Å². The topological polar surface area (TPSA) is 88.6 Å². The van der Waals surface area contributed by atoms with Gasteiger partial charge in [0.05, 0.1) is 30.8 Å². The van der Waals surface area contributed by atoms with Crippen LogP contribution in [0.3, 0.4) is 0 Å². The van der Waals surface area contributed by atoms with Gasteiger partial charge in [-0.05, 0) is 12.1 Å². The number of halogens is 1. The number of carbonyl (C=O) groups excluding carboxylic acids is 3. The van der Waals surface area contributed by atoms with Crippen molar-refractivity contribution in [3.63, 3.8) is 0 Å². The molecule has 9 heteroatoms. The molecule has 1 aliphatic rings. The van der Waals surface area contributed by atoms with E-state index in [1.807, 2.05) is 0 Å². The monoisotopic (exact) mass is 377 g/mol. The molecule has 1 aliphatic heterocycles. The summed E-state index contributed by atoms with van der Waals surface area (Å²) >= 11 is 1.18.